The SMILES string of the molecule is Cc1ccc(C(=O)N2CC(c3ccc(-c4cnn(C)c4)cc3)C2)cc1NC(=O)c1ccc(N(C)C(C)C)nc1. The average molecular weight is 523 g/mol. The molecule has 0 bridgehead atoms. The molecule has 1 aliphatic heterocycles. The predicted octanol–water partition coefficient (Wildman–Crippen LogP) is 5.13. The van der Waals surface area contributed by atoms with E-state index in [4.69, 9.17) is 0 Å². The molecule has 200 valence electrons. The molecule has 39 heavy (non-hydrogen) atoms. The van der Waals surface area contributed by atoms with Gasteiger partial charge in [0, 0.05) is 68.4 Å². The van der Waals surface area contributed by atoms with Crippen LogP contribution in [0.2, 0.25) is 0 Å². The van der Waals surface area contributed by atoms with Crippen LogP contribution in [0.3, 0.4) is 0 Å². The van der Waals surface area contributed by atoms with Gasteiger partial charge in [0.2, 0.25) is 0 Å². The molecule has 2 aromatic carbocycles. The number of rotatable bonds is 7. The highest BCUT2D eigenvalue weighted by molar-refractivity contribution is 6.05. The minimum atomic E-state index is -0.257. The molecule has 3 heterocycles. The van der Waals surface area contributed by atoms with Crippen LogP contribution in [-0.2, 0) is 7.05 Å². The Morgan fingerprint density at radius 2 is 1.69 bits per heavy atom. The molecule has 0 unspecified atom stereocenters. The lowest BCUT2D eigenvalue weighted by Gasteiger charge is -2.39. The molecule has 8 nitrogen and oxygen atoms in total. The monoisotopic (exact) mass is 522 g/mol. The number of benzene rings is 2. The first-order valence-electron chi connectivity index (χ1n) is 13.2. The van der Waals surface area contributed by atoms with Crippen LogP contribution in [0.4, 0.5) is 11.5 Å². The summed E-state index contributed by atoms with van der Waals surface area (Å²) in [5, 5.41) is 7.19. The van der Waals surface area contributed by atoms with Crippen molar-refractivity contribution in [3.63, 3.8) is 0 Å². The van der Waals surface area contributed by atoms with Gasteiger partial charge in [-0.25, -0.2) is 4.98 Å². The van der Waals surface area contributed by atoms with Gasteiger partial charge in [-0.2, -0.15) is 5.10 Å². The van der Waals surface area contributed by atoms with E-state index < -0.39 is 0 Å². The molecule has 0 spiro atoms. The van der Waals surface area contributed by atoms with Gasteiger partial charge >= 0.3 is 0 Å². The first-order valence-corrected chi connectivity index (χ1v) is 13.2. The maximum atomic E-state index is 13.2. The first-order chi connectivity index (χ1) is 18.7. The maximum absolute atomic E-state index is 13.2. The van der Waals surface area contributed by atoms with Gasteiger partial charge in [-0.3, -0.25) is 14.3 Å². The highest BCUT2D eigenvalue weighted by Gasteiger charge is 2.32. The molecular formula is C31H34N6O2. The van der Waals surface area contributed by atoms with E-state index >= 15 is 0 Å². The number of nitrogens with one attached hydrogen (secondary N) is 1. The molecule has 1 N–H and O–H groups in total. The van der Waals surface area contributed by atoms with Crippen molar-refractivity contribution < 1.29 is 9.59 Å². The fourth-order valence-electron chi connectivity index (χ4n) is 4.63. The first kappa shape index (κ1) is 26.2. The van der Waals surface area contributed by atoms with Crippen molar-refractivity contribution in [3.05, 3.63) is 95.4 Å². The lowest BCUT2D eigenvalue weighted by Crippen LogP contribution is -2.48. The smallest absolute Gasteiger partial charge is 0.257 e. The van der Waals surface area contributed by atoms with Gasteiger partial charge in [-0.05, 0) is 61.7 Å². The quantitative estimate of drug-likeness (QED) is 0.364. The van der Waals surface area contributed by atoms with Gasteiger partial charge in [0.25, 0.3) is 11.8 Å². The second-order valence-corrected chi connectivity index (χ2v) is 10.5. The Morgan fingerprint density at radius 1 is 0.974 bits per heavy atom. The maximum Gasteiger partial charge on any atom is 0.257 e. The van der Waals surface area contributed by atoms with Crippen LogP contribution >= 0.6 is 0 Å². The summed E-state index contributed by atoms with van der Waals surface area (Å²) in [4.78, 5) is 34.4. The largest absolute Gasteiger partial charge is 0.357 e. The Bertz CT molecular complexity index is 1480. The summed E-state index contributed by atoms with van der Waals surface area (Å²) >= 11 is 0. The molecule has 0 saturated carbocycles. The van der Waals surface area contributed by atoms with E-state index in [-0.39, 0.29) is 11.8 Å². The lowest BCUT2D eigenvalue weighted by atomic mass is 9.90. The number of nitrogens with zero attached hydrogens (tertiary/aromatic N) is 5. The average Bonchev–Trinajstić information content (AvgIpc) is 3.35. The summed E-state index contributed by atoms with van der Waals surface area (Å²) in [5.41, 5.74) is 5.98. The van der Waals surface area contributed by atoms with E-state index in [1.54, 1.807) is 23.0 Å². The molecule has 2 amide bonds. The fraction of sp³-hybridized carbons (Fsp3) is 0.290. The third-order valence-corrected chi connectivity index (χ3v) is 7.47. The van der Waals surface area contributed by atoms with Gasteiger partial charge < -0.3 is 15.1 Å². The highest BCUT2D eigenvalue weighted by atomic mass is 16.2. The van der Waals surface area contributed by atoms with Crippen molar-refractivity contribution in [1.29, 1.82) is 0 Å². The van der Waals surface area contributed by atoms with E-state index in [0.29, 0.717) is 41.9 Å². The fourth-order valence-corrected chi connectivity index (χ4v) is 4.63. The zero-order valence-corrected chi connectivity index (χ0v) is 23.0. The zero-order valence-electron chi connectivity index (χ0n) is 23.0. The van der Waals surface area contributed by atoms with Crippen LogP contribution in [-0.4, -0.2) is 57.7 Å². The number of carbonyl (C=O) groups is 2. The minimum Gasteiger partial charge on any atom is -0.357 e. The number of amides is 2. The Morgan fingerprint density at radius 3 is 2.31 bits per heavy atom. The van der Waals surface area contributed by atoms with E-state index in [1.807, 2.05) is 61.4 Å². The third-order valence-electron chi connectivity index (χ3n) is 7.47. The second-order valence-electron chi connectivity index (χ2n) is 10.5. The molecule has 2 aromatic heterocycles. The van der Waals surface area contributed by atoms with E-state index in [0.717, 1.165) is 22.5 Å². The minimum absolute atomic E-state index is 0.0310. The topological polar surface area (TPSA) is 83.4 Å². The van der Waals surface area contributed by atoms with Crippen molar-refractivity contribution in [2.45, 2.75) is 32.7 Å². The number of aryl methyl sites for hydroxylation is 2. The van der Waals surface area contributed by atoms with Crippen molar-refractivity contribution in [2.75, 3.05) is 30.4 Å². The molecule has 8 heteroatoms. The number of anilines is 2. The van der Waals surface area contributed by atoms with Gasteiger partial charge in [0.1, 0.15) is 5.82 Å². The number of likely N-dealkylation sites (tertiary alicyclic amines) is 1. The molecular weight excluding hydrogens is 488 g/mol. The Kier molecular flexibility index (Phi) is 7.19. The Balaban J connectivity index is 1.21. The van der Waals surface area contributed by atoms with Crippen molar-refractivity contribution in [3.8, 4) is 11.1 Å². The van der Waals surface area contributed by atoms with Crippen LogP contribution in [0.25, 0.3) is 11.1 Å². The van der Waals surface area contributed by atoms with Crippen molar-refractivity contribution in [1.82, 2.24) is 19.7 Å². The van der Waals surface area contributed by atoms with Crippen molar-refractivity contribution >= 4 is 23.3 Å². The summed E-state index contributed by atoms with van der Waals surface area (Å²) in [7, 11) is 3.88. The van der Waals surface area contributed by atoms with Crippen LogP contribution in [0.15, 0.2) is 73.2 Å². The van der Waals surface area contributed by atoms with E-state index in [2.05, 4.69) is 53.5 Å². The summed E-state index contributed by atoms with van der Waals surface area (Å²) < 4.78 is 1.79. The van der Waals surface area contributed by atoms with E-state index in [9.17, 15) is 9.59 Å². The van der Waals surface area contributed by atoms with Gasteiger partial charge in [0.15, 0.2) is 0 Å². The summed E-state index contributed by atoms with van der Waals surface area (Å²) in [6, 6.07) is 17.9. The number of aromatic nitrogens is 3. The van der Waals surface area contributed by atoms with Crippen LogP contribution in [0.1, 0.15) is 51.6 Å². The molecule has 0 atom stereocenters. The molecule has 1 aliphatic rings. The van der Waals surface area contributed by atoms with E-state index in [1.165, 1.54) is 5.56 Å². The zero-order chi connectivity index (χ0) is 27.7. The second kappa shape index (κ2) is 10.7. The number of hydrogen-bond acceptors (Lipinski definition) is 5. The number of carbonyl (C=O) groups excluding carboxylic acids is 2. The predicted molar refractivity (Wildman–Crippen MR) is 154 cm³/mol. The summed E-state index contributed by atoms with van der Waals surface area (Å²) in [6.07, 6.45) is 5.43. The summed E-state index contributed by atoms with van der Waals surface area (Å²) in [5.74, 6) is 0.832. The van der Waals surface area contributed by atoms with Gasteiger partial charge in [-0.15, -0.1) is 0 Å². The van der Waals surface area contributed by atoms with Gasteiger partial charge in [0.05, 0.1) is 11.8 Å². The third kappa shape index (κ3) is 5.55. The Labute approximate surface area is 229 Å². The van der Waals surface area contributed by atoms with Crippen molar-refractivity contribution in [2.24, 2.45) is 7.05 Å². The Hall–Kier alpha value is -4.46. The lowest BCUT2D eigenvalue weighted by molar-refractivity contribution is 0.0602. The molecule has 0 aliphatic carbocycles. The van der Waals surface area contributed by atoms with Crippen LogP contribution < -0.4 is 10.2 Å². The highest BCUT2D eigenvalue weighted by Crippen LogP contribution is 2.31. The number of hydrogen-bond donors (Lipinski definition) is 1. The normalized spacial score (nSPS) is 13.3. The van der Waals surface area contributed by atoms with Crippen LogP contribution in [0.5, 0.6) is 0 Å². The number of pyridine rings is 1. The van der Waals surface area contributed by atoms with Gasteiger partial charge in [-0.1, -0.05) is 30.3 Å². The molecule has 0 radical (unpaired) electrons. The van der Waals surface area contributed by atoms with Crippen LogP contribution in [0, 0.1) is 6.92 Å². The standard InChI is InChI=1S/C31H34N6O2/c1-20(2)36(5)29-13-12-25(15-32-29)30(38)34-28-14-24(7-6-21(28)3)31(39)37-18-27(19-37)23-10-8-22(9-11-23)26-16-33-35(4)17-26/h6-17,20,27H,18-19H2,1-5H3,(H,34,38). The molecule has 1 saturated heterocycles. The summed E-state index contributed by atoms with van der Waals surface area (Å²) in [6.45, 7) is 7.42. The molecule has 1 fully saturated rings. The molecule has 5 rings (SSSR count). The molecule has 4 aromatic rings.